The van der Waals surface area contributed by atoms with E-state index in [1.807, 2.05) is 42.5 Å². The summed E-state index contributed by atoms with van der Waals surface area (Å²) in [5.41, 5.74) is 3.43. The van der Waals surface area contributed by atoms with Crippen LogP contribution in [-0.2, 0) is 22.4 Å². The Labute approximate surface area is 219 Å². The van der Waals surface area contributed by atoms with Crippen molar-refractivity contribution in [2.24, 2.45) is 0 Å². The fraction of sp³-hybridized carbons (Fsp3) is 0.241. The quantitative estimate of drug-likeness (QED) is 0.222. The number of aliphatic hydroxyl groups excluding tert-OH is 1. The number of aliphatic hydroxyl groups is 1. The fourth-order valence-electron chi connectivity index (χ4n) is 4.44. The van der Waals surface area contributed by atoms with Crippen molar-refractivity contribution < 1.29 is 24.2 Å². The summed E-state index contributed by atoms with van der Waals surface area (Å²) in [6.07, 6.45) is 1.37. The molecule has 1 N–H and O–H groups in total. The summed E-state index contributed by atoms with van der Waals surface area (Å²) >= 11 is 3.39. The SMILES string of the molecule is CCc1ccc(C2C(=C(O)c3ccc(Br)cc3)C(=O)C(=O)N2CCc2ccc(OC)c(OC)c2)cc1. The maximum Gasteiger partial charge on any atom is 0.295 e. The molecule has 1 fully saturated rings. The Morgan fingerprint density at radius 1 is 0.917 bits per heavy atom. The summed E-state index contributed by atoms with van der Waals surface area (Å²) in [5, 5.41) is 11.2. The van der Waals surface area contributed by atoms with Gasteiger partial charge in [0.1, 0.15) is 5.76 Å². The number of carbonyl (C=O) groups excluding carboxylic acids is 2. The van der Waals surface area contributed by atoms with E-state index in [0.29, 0.717) is 23.5 Å². The van der Waals surface area contributed by atoms with Crippen molar-refractivity contribution >= 4 is 33.4 Å². The van der Waals surface area contributed by atoms with Gasteiger partial charge in [0, 0.05) is 16.6 Å². The van der Waals surface area contributed by atoms with Crippen LogP contribution in [0.2, 0.25) is 0 Å². The van der Waals surface area contributed by atoms with E-state index in [4.69, 9.17) is 9.47 Å². The molecule has 0 aromatic heterocycles. The van der Waals surface area contributed by atoms with E-state index in [1.165, 1.54) is 0 Å². The number of nitrogens with zero attached hydrogens (tertiary/aromatic N) is 1. The van der Waals surface area contributed by atoms with E-state index in [0.717, 1.165) is 27.6 Å². The molecule has 0 spiro atoms. The van der Waals surface area contributed by atoms with Gasteiger partial charge in [-0.3, -0.25) is 9.59 Å². The number of ether oxygens (including phenoxy) is 2. The zero-order valence-corrected chi connectivity index (χ0v) is 22.0. The third-order valence-electron chi connectivity index (χ3n) is 6.45. The van der Waals surface area contributed by atoms with Crippen molar-refractivity contribution in [2.75, 3.05) is 20.8 Å². The number of aryl methyl sites for hydroxylation is 1. The van der Waals surface area contributed by atoms with Gasteiger partial charge in [-0.1, -0.05) is 65.3 Å². The van der Waals surface area contributed by atoms with E-state index in [1.54, 1.807) is 43.4 Å². The van der Waals surface area contributed by atoms with Gasteiger partial charge in [-0.2, -0.15) is 0 Å². The molecule has 7 heteroatoms. The van der Waals surface area contributed by atoms with Gasteiger partial charge in [0.2, 0.25) is 0 Å². The van der Waals surface area contributed by atoms with Gasteiger partial charge in [-0.05, 0) is 53.8 Å². The molecule has 4 rings (SSSR count). The van der Waals surface area contributed by atoms with Gasteiger partial charge in [-0.15, -0.1) is 0 Å². The van der Waals surface area contributed by atoms with Crippen molar-refractivity contribution in [3.05, 3.63) is 99.0 Å². The maximum absolute atomic E-state index is 13.2. The summed E-state index contributed by atoms with van der Waals surface area (Å²) in [5.74, 6) is -0.281. The first-order valence-corrected chi connectivity index (χ1v) is 12.5. The first-order valence-electron chi connectivity index (χ1n) is 11.7. The third-order valence-corrected chi connectivity index (χ3v) is 6.98. The van der Waals surface area contributed by atoms with Crippen LogP contribution in [0.25, 0.3) is 5.76 Å². The topological polar surface area (TPSA) is 76.1 Å². The molecular formula is C29H28BrNO5. The van der Waals surface area contributed by atoms with Crippen LogP contribution in [0.5, 0.6) is 11.5 Å². The van der Waals surface area contributed by atoms with Crippen LogP contribution >= 0.6 is 15.9 Å². The van der Waals surface area contributed by atoms with E-state index >= 15 is 0 Å². The van der Waals surface area contributed by atoms with Crippen LogP contribution in [0, 0.1) is 0 Å². The van der Waals surface area contributed by atoms with Crippen LogP contribution in [0.1, 0.15) is 35.2 Å². The number of amides is 1. The molecule has 6 nitrogen and oxygen atoms in total. The van der Waals surface area contributed by atoms with Gasteiger partial charge >= 0.3 is 0 Å². The number of ketones is 1. The minimum atomic E-state index is -0.695. The molecule has 1 atom stereocenters. The molecule has 1 saturated heterocycles. The lowest BCUT2D eigenvalue weighted by atomic mass is 9.94. The zero-order chi connectivity index (χ0) is 25.8. The molecule has 3 aromatic carbocycles. The second kappa shape index (κ2) is 11.0. The van der Waals surface area contributed by atoms with Crippen LogP contribution < -0.4 is 9.47 Å². The molecule has 1 aliphatic rings. The Morgan fingerprint density at radius 2 is 1.56 bits per heavy atom. The lowest BCUT2D eigenvalue weighted by Gasteiger charge is -2.25. The smallest absolute Gasteiger partial charge is 0.295 e. The van der Waals surface area contributed by atoms with Crippen LogP contribution in [0.15, 0.2) is 76.8 Å². The zero-order valence-electron chi connectivity index (χ0n) is 20.5. The monoisotopic (exact) mass is 549 g/mol. The standard InChI is InChI=1S/C29H28BrNO5/c1-4-18-5-8-20(9-6-18)26-25(27(32)21-10-12-22(30)13-11-21)28(33)29(34)31(26)16-15-19-7-14-23(35-2)24(17-19)36-3/h5-14,17,26,32H,4,15-16H2,1-3H3. The van der Waals surface area contributed by atoms with Crippen LogP contribution in [-0.4, -0.2) is 42.5 Å². The number of halogens is 1. The van der Waals surface area contributed by atoms with Gasteiger partial charge in [-0.25, -0.2) is 0 Å². The first-order chi connectivity index (χ1) is 17.4. The highest BCUT2D eigenvalue weighted by Gasteiger charge is 2.45. The molecule has 36 heavy (non-hydrogen) atoms. The lowest BCUT2D eigenvalue weighted by Crippen LogP contribution is -2.31. The average Bonchev–Trinajstić information content (AvgIpc) is 3.16. The summed E-state index contributed by atoms with van der Waals surface area (Å²) in [4.78, 5) is 28.0. The lowest BCUT2D eigenvalue weighted by molar-refractivity contribution is -0.139. The summed E-state index contributed by atoms with van der Waals surface area (Å²) in [7, 11) is 3.15. The number of methoxy groups -OCH3 is 2. The molecule has 1 unspecified atom stereocenters. The summed E-state index contributed by atoms with van der Waals surface area (Å²) in [6.45, 7) is 2.36. The summed E-state index contributed by atoms with van der Waals surface area (Å²) in [6, 6.07) is 19.7. The number of rotatable bonds is 8. The van der Waals surface area contributed by atoms with E-state index in [-0.39, 0.29) is 17.9 Å². The Hall–Kier alpha value is -3.58. The van der Waals surface area contributed by atoms with Crippen molar-refractivity contribution in [1.82, 2.24) is 4.90 Å². The van der Waals surface area contributed by atoms with Gasteiger partial charge in [0.25, 0.3) is 11.7 Å². The van der Waals surface area contributed by atoms with Crippen molar-refractivity contribution in [1.29, 1.82) is 0 Å². The highest BCUT2D eigenvalue weighted by Crippen LogP contribution is 2.40. The number of hydrogen-bond acceptors (Lipinski definition) is 5. The Kier molecular flexibility index (Phi) is 7.79. The predicted octanol–water partition coefficient (Wildman–Crippen LogP) is 5.69. The number of hydrogen-bond donors (Lipinski definition) is 1. The molecule has 0 saturated carbocycles. The van der Waals surface area contributed by atoms with Crippen LogP contribution in [0.3, 0.4) is 0 Å². The maximum atomic E-state index is 13.2. The normalized spacial score (nSPS) is 16.9. The van der Waals surface area contributed by atoms with Gasteiger partial charge < -0.3 is 19.5 Å². The van der Waals surface area contributed by atoms with E-state index in [2.05, 4.69) is 22.9 Å². The molecule has 1 heterocycles. The molecule has 1 amide bonds. The van der Waals surface area contributed by atoms with Gasteiger partial charge in [0.15, 0.2) is 11.5 Å². The molecule has 3 aromatic rings. The third kappa shape index (κ3) is 5.02. The Bertz CT molecular complexity index is 1300. The molecule has 0 bridgehead atoms. The molecule has 186 valence electrons. The molecular weight excluding hydrogens is 522 g/mol. The predicted molar refractivity (Wildman–Crippen MR) is 142 cm³/mol. The minimum absolute atomic E-state index is 0.0962. The molecule has 0 radical (unpaired) electrons. The second-order valence-corrected chi connectivity index (χ2v) is 9.45. The highest BCUT2D eigenvalue weighted by molar-refractivity contribution is 9.10. The number of benzene rings is 3. The second-order valence-electron chi connectivity index (χ2n) is 8.53. The molecule has 0 aliphatic carbocycles. The van der Waals surface area contributed by atoms with E-state index < -0.39 is 17.7 Å². The summed E-state index contributed by atoms with van der Waals surface area (Å²) < 4.78 is 11.6. The number of carbonyl (C=O) groups is 2. The number of likely N-dealkylation sites (tertiary alicyclic amines) is 1. The first kappa shape index (κ1) is 25.5. The highest BCUT2D eigenvalue weighted by atomic mass is 79.9. The average molecular weight is 550 g/mol. The van der Waals surface area contributed by atoms with Crippen molar-refractivity contribution in [3.63, 3.8) is 0 Å². The molecule has 1 aliphatic heterocycles. The van der Waals surface area contributed by atoms with Crippen molar-refractivity contribution in [2.45, 2.75) is 25.8 Å². The Morgan fingerprint density at radius 3 is 2.17 bits per heavy atom. The largest absolute Gasteiger partial charge is 0.507 e. The van der Waals surface area contributed by atoms with E-state index in [9.17, 15) is 14.7 Å². The fourth-order valence-corrected chi connectivity index (χ4v) is 4.71. The van der Waals surface area contributed by atoms with Gasteiger partial charge in [0.05, 0.1) is 25.8 Å². The minimum Gasteiger partial charge on any atom is -0.507 e. The van der Waals surface area contributed by atoms with Crippen molar-refractivity contribution in [3.8, 4) is 11.5 Å². The van der Waals surface area contributed by atoms with Crippen LogP contribution in [0.4, 0.5) is 0 Å². The Balaban J connectivity index is 1.74. The number of Topliss-reactive ketones (excluding diaryl/α,β-unsaturated/α-hetero) is 1.